The molecule has 1 amide bonds. The molecule has 4 rings (SSSR count). The zero-order chi connectivity index (χ0) is 27.4. The molecule has 38 heavy (non-hydrogen) atoms. The highest BCUT2D eigenvalue weighted by molar-refractivity contribution is 6.46. The predicted octanol–water partition coefficient (Wildman–Crippen LogP) is 4.89. The summed E-state index contributed by atoms with van der Waals surface area (Å²) in [5, 5.41) is 11.5. The molecule has 0 aliphatic carbocycles. The number of benzene rings is 1. The average molecular weight is 519 g/mol. The van der Waals surface area contributed by atoms with Crippen molar-refractivity contribution in [3.05, 3.63) is 70.7 Å². The summed E-state index contributed by atoms with van der Waals surface area (Å²) in [4.78, 5) is 34.9. The highest BCUT2D eigenvalue weighted by Gasteiger charge is 2.46. The van der Waals surface area contributed by atoms with Crippen LogP contribution in [0.25, 0.3) is 11.4 Å². The Morgan fingerprint density at radius 1 is 1.08 bits per heavy atom. The highest BCUT2D eigenvalue weighted by atomic mass is 16.5. The number of ketones is 1. The molecule has 1 aliphatic heterocycles. The van der Waals surface area contributed by atoms with Crippen LogP contribution in [0, 0.1) is 13.8 Å². The summed E-state index contributed by atoms with van der Waals surface area (Å²) in [6.07, 6.45) is 5.79. The van der Waals surface area contributed by atoms with Gasteiger partial charge in [0, 0.05) is 12.7 Å². The van der Waals surface area contributed by atoms with E-state index in [4.69, 9.17) is 4.74 Å². The topological polar surface area (TPSA) is 87.4 Å². The fourth-order valence-corrected chi connectivity index (χ4v) is 4.98. The van der Waals surface area contributed by atoms with Crippen molar-refractivity contribution >= 4 is 23.1 Å². The van der Waals surface area contributed by atoms with Gasteiger partial charge in [0.2, 0.25) is 0 Å². The van der Waals surface area contributed by atoms with Gasteiger partial charge >= 0.3 is 0 Å². The number of likely N-dealkylation sites (tertiary alicyclic amines) is 1. The normalized spacial score (nSPS) is 17.2. The van der Waals surface area contributed by atoms with Crippen LogP contribution >= 0.6 is 0 Å². The zero-order valence-corrected chi connectivity index (χ0v) is 23.0. The van der Waals surface area contributed by atoms with Crippen molar-refractivity contribution in [2.45, 2.75) is 52.5 Å². The number of fused-ring (bicyclic) bond motifs is 1. The number of hydrogen-bond donors (Lipinski definition) is 1. The van der Waals surface area contributed by atoms with Gasteiger partial charge in [0.25, 0.3) is 11.7 Å². The number of nitrogens with zero attached hydrogens (tertiary/aromatic N) is 4. The summed E-state index contributed by atoms with van der Waals surface area (Å²) >= 11 is 0. The van der Waals surface area contributed by atoms with E-state index in [0.717, 1.165) is 42.7 Å². The van der Waals surface area contributed by atoms with Gasteiger partial charge in [0.15, 0.2) is 5.76 Å². The van der Waals surface area contributed by atoms with Crippen LogP contribution in [0.1, 0.15) is 61.2 Å². The van der Waals surface area contributed by atoms with Gasteiger partial charge in [-0.1, -0.05) is 38.0 Å². The van der Waals surface area contributed by atoms with E-state index in [0.29, 0.717) is 36.6 Å². The van der Waals surface area contributed by atoms with Crippen molar-refractivity contribution in [2.75, 3.05) is 33.8 Å². The fraction of sp³-hybridized carbons (Fsp3) is 0.433. The second kappa shape index (κ2) is 11.8. The molecule has 1 N–H and O–H groups in total. The summed E-state index contributed by atoms with van der Waals surface area (Å²) in [5.41, 5.74) is 3.48. The Morgan fingerprint density at radius 2 is 1.82 bits per heavy atom. The number of hydrogen-bond acceptors (Lipinski definition) is 6. The second-order valence-corrected chi connectivity index (χ2v) is 10.2. The maximum absolute atomic E-state index is 13.4. The van der Waals surface area contributed by atoms with E-state index in [9.17, 15) is 14.7 Å². The first kappa shape index (κ1) is 27.4. The van der Waals surface area contributed by atoms with Crippen LogP contribution in [0.3, 0.4) is 0 Å². The summed E-state index contributed by atoms with van der Waals surface area (Å²) < 4.78 is 7.75. The number of unbranched alkanes of at least 4 members (excludes halogenated alkanes) is 2. The van der Waals surface area contributed by atoms with E-state index in [1.54, 1.807) is 4.90 Å². The van der Waals surface area contributed by atoms with Crippen molar-refractivity contribution in [3.63, 3.8) is 0 Å². The number of pyridine rings is 1. The molecule has 8 heteroatoms. The predicted molar refractivity (Wildman–Crippen MR) is 148 cm³/mol. The van der Waals surface area contributed by atoms with Gasteiger partial charge < -0.3 is 24.0 Å². The van der Waals surface area contributed by atoms with E-state index in [-0.39, 0.29) is 11.3 Å². The molecule has 0 bridgehead atoms. The first-order valence-corrected chi connectivity index (χ1v) is 13.3. The molecule has 1 fully saturated rings. The lowest BCUT2D eigenvalue weighted by atomic mass is 9.96. The minimum Gasteiger partial charge on any atom is -0.505 e. The van der Waals surface area contributed by atoms with Crippen LogP contribution in [0.15, 0.2) is 48.2 Å². The number of aliphatic hydroxyl groups excluding tert-OH is 1. The number of imidazole rings is 1. The lowest BCUT2D eigenvalue weighted by Crippen LogP contribution is -2.32. The van der Waals surface area contributed by atoms with Gasteiger partial charge in [-0.05, 0) is 76.7 Å². The van der Waals surface area contributed by atoms with E-state index in [2.05, 4.69) is 11.9 Å². The third kappa shape index (κ3) is 5.45. The lowest BCUT2D eigenvalue weighted by molar-refractivity contribution is -0.139. The van der Waals surface area contributed by atoms with Gasteiger partial charge in [-0.15, -0.1) is 0 Å². The van der Waals surface area contributed by atoms with Gasteiger partial charge in [-0.2, -0.15) is 0 Å². The van der Waals surface area contributed by atoms with Crippen molar-refractivity contribution < 1.29 is 19.4 Å². The number of aryl methyl sites for hydroxylation is 2. The molecule has 1 atom stereocenters. The molecular weight excluding hydrogens is 480 g/mol. The molecule has 0 saturated carbocycles. The number of aromatic nitrogens is 2. The summed E-state index contributed by atoms with van der Waals surface area (Å²) in [7, 11) is 3.94. The molecule has 1 aromatic carbocycles. The largest absolute Gasteiger partial charge is 0.505 e. The van der Waals surface area contributed by atoms with E-state index < -0.39 is 17.7 Å². The SMILES string of the molecule is CCCCCOc1ccc(C2/C(=C(\O)c3nc4c(C)cccn4c3C)C(=O)C(=O)N2CCCN(C)C)cc1. The van der Waals surface area contributed by atoms with Gasteiger partial charge in [0.05, 0.1) is 23.9 Å². The Balaban J connectivity index is 1.75. The zero-order valence-electron chi connectivity index (χ0n) is 23.0. The Labute approximate surface area is 224 Å². The smallest absolute Gasteiger partial charge is 0.295 e. The van der Waals surface area contributed by atoms with Crippen LogP contribution in [0.2, 0.25) is 0 Å². The number of ether oxygens (including phenoxy) is 1. The number of amides is 1. The molecule has 0 radical (unpaired) electrons. The first-order chi connectivity index (χ1) is 18.2. The van der Waals surface area contributed by atoms with Crippen LogP contribution in [-0.4, -0.2) is 69.8 Å². The maximum atomic E-state index is 13.4. The molecule has 202 valence electrons. The van der Waals surface area contributed by atoms with E-state index >= 15 is 0 Å². The third-order valence-corrected chi connectivity index (χ3v) is 7.07. The molecule has 3 heterocycles. The quantitative estimate of drug-likeness (QED) is 0.168. The number of Topliss-reactive ketones (excluding diaryl/α,β-unsaturated/α-hetero) is 1. The van der Waals surface area contributed by atoms with Crippen LogP contribution in [-0.2, 0) is 9.59 Å². The van der Waals surface area contributed by atoms with Crippen LogP contribution in [0.5, 0.6) is 5.75 Å². The fourth-order valence-electron chi connectivity index (χ4n) is 4.98. The number of rotatable bonds is 11. The Hall–Kier alpha value is -3.65. The molecule has 3 aromatic rings. The monoisotopic (exact) mass is 518 g/mol. The average Bonchev–Trinajstić information content (AvgIpc) is 3.37. The van der Waals surface area contributed by atoms with Crippen LogP contribution < -0.4 is 4.74 Å². The summed E-state index contributed by atoms with van der Waals surface area (Å²) in [5.74, 6) is -0.803. The minimum absolute atomic E-state index is 0.0700. The minimum atomic E-state index is -0.711. The van der Waals surface area contributed by atoms with Crippen molar-refractivity contribution in [3.8, 4) is 5.75 Å². The number of aliphatic hydroxyl groups is 1. The summed E-state index contributed by atoms with van der Waals surface area (Å²) in [6.45, 7) is 7.75. The van der Waals surface area contributed by atoms with Gasteiger partial charge in [-0.25, -0.2) is 4.98 Å². The van der Waals surface area contributed by atoms with Gasteiger partial charge in [-0.3, -0.25) is 9.59 Å². The van der Waals surface area contributed by atoms with Crippen molar-refractivity contribution in [2.24, 2.45) is 0 Å². The van der Waals surface area contributed by atoms with Gasteiger partial charge in [0.1, 0.15) is 17.1 Å². The molecule has 1 saturated heterocycles. The molecule has 8 nitrogen and oxygen atoms in total. The number of carbonyl (C=O) groups excluding carboxylic acids is 2. The number of carbonyl (C=O) groups is 2. The third-order valence-electron chi connectivity index (χ3n) is 7.07. The molecular formula is C30H38N4O4. The Bertz CT molecular complexity index is 1340. The summed E-state index contributed by atoms with van der Waals surface area (Å²) in [6, 6.07) is 10.6. The Kier molecular flexibility index (Phi) is 8.52. The van der Waals surface area contributed by atoms with Crippen LogP contribution in [0.4, 0.5) is 0 Å². The second-order valence-electron chi connectivity index (χ2n) is 10.2. The van der Waals surface area contributed by atoms with E-state index in [1.165, 1.54) is 0 Å². The molecule has 2 aromatic heterocycles. The van der Waals surface area contributed by atoms with Crippen molar-refractivity contribution in [1.29, 1.82) is 0 Å². The Morgan fingerprint density at radius 3 is 2.47 bits per heavy atom. The maximum Gasteiger partial charge on any atom is 0.295 e. The lowest BCUT2D eigenvalue weighted by Gasteiger charge is -2.26. The van der Waals surface area contributed by atoms with E-state index in [1.807, 2.05) is 79.8 Å². The standard InChI is InChI=1S/C30H38N4O4/c1-6-7-8-19-38-23-14-12-22(13-15-23)26-24(28(36)30(37)34(26)18-10-16-32(4)5)27(35)25-21(3)33-17-9-11-20(2)29(33)31-25/h9,11-15,17,26,35H,6-8,10,16,18-19H2,1-5H3/b27-24+. The molecule has 1 unspecified atom stereocenters. The highest BCUT2D eigenvalue weighted by Crippen LogP contribution is 2.40. The van der Waals surface area contributed by atoms with Crippen molar-refractivity contribution in [1.82, 2.24) is 19.2 Å². The molecule has 1 aliphatic rings. The molecule has 0 spiro atoms. The first-order valence-electron chi connectivity index (χ1n) is 13.3.